The molecule has 0 unspecified atom stereocenters. The molecule has 0 amide bonds. The van der Waals surface area contributed by atoms with Crippen LogP contribution in [0.25, 0.3) is 21.7 Å². The molecule has 0 saturated carbocycles. The van der Waals surface area contributed by atoms with Crippen molar-refractivity contribution >= 4 is 33.9 Å². The molecule has 1 aliphatic rings. The Balaban J connectivity index is 1.39. The molecule has 3 aromatic heterocycles. The first-order valence-electron chi connectivity index (χ1n) is 9.40. The minimum absolute atomic E-state index is 0.0248. The number of rotatable bonds is 3. The van der Waals surface area contributed by atoms with Gasteiger partial charge in [-0.25, -0.2) is 9.97 Å². The van der Waals surface area contributed by atoms with Crippen molar-refractivity contribution in [2.75, 3.05) is 6.54 Å². The van der Waals surface area contributed by atoms with E-state index in [0.717, 1.165) is 40.5 Å². The highest BCUT2D eigenvalue weighted by molar-refractivity contribution is 7.13. The zero-order valence-corrected chi connectivity index (χ0v) is 17.4. The van der Waals surface area contributed by atoms with E-state index >= 15 is 0 Å². The van der Waals surface area contributed by atoms with Gasteiger partial charge in [0.2, 0.25) is 0 Å². The van der Waals surface area contributed by atoms with Gasteiger partial charge in [-0.1, -0.05) is 17.7 Å². The minimum Gasteiger partial charge on any atom is -0.464 e. The lowest BCUT2D eigenvalue weighted by molar-refractivity contribution is 0.240. The van der Waals surface area contributed by atoms with Crippen molar-refractivity contribution in [3.63, 3.8) is 0 Å². The highest BCUT2D eigenvalue weighted by Gasteiger charge is 2.21. The van der Waals surface area contributed by atoms with E-state index in [9.17, 15) is 4.79 Å². The smallest absolute Gasteiger partial charge is 0.197 e. The maximum absolute atomic E-state index is 12.9. The number of benzene rings is 1. The molecule has 4 heterocycles. The second kappa shape index (κ2) is 7.37. The van der Waals surface area contributed by atoms with Crippen molar-refractivity contribution in [1.82, 2.24) is 14.9 Å². The van der Waals surface area contributed by atoms with Gasteiger partial charge >= 0.3 is 0 Å². The second-order valence-corrected chi connectivity index (χ2v) is 8.65. The highest BCUT2D eigenvalue weighted by atomic mass is 35.5. The summed E-state index contributed by atoms with van der Waals surface area (Å²) in [7, 11) is 0. The molecule has 0 atom stereocenters. The molecule has 5 nitrogen and oxygen atoms in total. The van der Waals surface area contributed by atoms with E-state index in [1.807, 2.05) is 36.7 Å². The number of hydrogen-bond donors (Lipinski definition) is 0. The topological polar surface area (TPSA) is 59.2 Å². The summed E-state index contributed by atoms with van der Waals surface area (Å²) in [6, 6.07) is 7.55. The largest absolute Gasteiger partial charge is 0.464 e. The molecule has 1 aromatic carbocycles. The molecule has 5 rings (SSSR count). The molecule has 29 heavy (non-hydrogen) atoms. The van der Waals surface area contributed by atoms with Gasteiger partial charge in [0.15, 0.2) is 11.3 Å². The molecule has 0 spiro atoms. The van der Waals surface area contributed by atoms with Gasteiger partial charge in [0, 0.05) is 48.4 Å². The van der Waals surface area contributed by atoms with Crippen molar-refractivity contribution in [1.29, 1.82) is 0 Å². The first kappa shape index (κ1) is 18.5. The fourth-order valence-electron chi connectivity index (χ4n) is 3.68. The molecule has 0 fully saturated rings. The van der Waals surface area contributed by atoms with E-state index in [2.05, 4.69) is 9.88 Å². The Morgan fingerprint density at radius 1 is 1.34 bits per heavy atom. The minimum atomic E-state index is -0.0248. The van der Waals surface area contributed by atoms with E-state index in [0.29, 0.717) is 34.6 Å². The quantitative estimate of drug-likeness (QED) is 0.472. The van der Waals surface area contributed by atoms with Crippen LogP contribution < -0.4 is 5.43 Å². The molecule has 0 bridgehead atoms. The average Bonchev–Trinajstić information content (AvgIpc) is 3.26. The molecular weight excluding hydrogens is 406 g/mol. The molecule has 0 aliphatic carbocycles. The summed E-state index contributed by atoms with van der Waals surface area (Å²) < 4.78 is 5.72. The van der Waals surface area contributed by atoms with Crippen LogP contribution in [-0.2, 0) is 19.5 Å². The lowest BCUT2D eigenvalue weighted by Crippen LogP contribution is -2.32. The van der Waals surface area contributed by atoms with E-state index in [1.54, 1.807) is 23.7 Å². The number of fused-ring (bicyclic) bond motifs is 2. The molecule has 146 valence electrons. The first-order chi connectivity index (χ1) is 14.1. The summed E-state index contributed by atoms with van der Waals surface area (Å²) in [5.74, 6) is 0.787. The maximum Gasteiger partial charge on any atom is 0.197 e. The van der Waals surface area contributed by atoms with Crippen LogP contribution in [0.4, 0.5) is 0 Å². The standard InChI is InChI=1S/C22H18ClN3O2S/c1-13-7-19-16(8-17(13)23)21(27)15(12-28-19)11-26-5-4-18-14(10-26)9-24-22(25-18)20-3-2-6-29-20/h2-3,6-9,12H,4-5,10-11H2,1H3. The van der Waals surface area contributed by atoms with Crippen molar-refractivity contribution < 1.29 is 4.42 Å². The number of thiophene rings is 1. The molecule has 0 N–H and O–H groups in total. The van der Waals surface area contributed by atoms with Crippen LogP contribution in [0.3, 0.4) is 0 Å². The Hall–Kier alpha value is -2.54. The third kappa shape index (κ3) is 3.48. The summed E-state index contributed by atoms with van der Waals surface area (Å²) in [5.41, 5.74) is 4.27. The zero-order valence-electron chi connectivity index (χ0n) is 15.8. The maximum atomic E-state index is 12.9. The third-order valence-electron chi connectivity index (χ3n) is 5.27. The normalized spacial score (nSPS) is 14.3. The van der Waals surface area contributed by atoms with Crippen molar-refractivity contribution in [3.05, 3.63) is 79.7 Å². The number of nitrogens with zero attached hydrogens (tertiary/aromatic N) is 3. The molecular formula is C22H18ClN3O2S. The van der Waals surface area contributed by atoms with Gasteiger partial charge in [-0.2, -0.15) is 0 Å². The SMILES string of the molecule is Cc1cc2occ(CN3CCc4nc(-c5cccs5)ncc4C3)c(=O)c2cc1Cl. The zero-order chi connectivity index (χ0) is 20.0. The lowest BCUT2D eigenvalue weighted by Gasteiger charge is -2.27. The molecule has 0 radical (unpaired) electrons. The fraction of sp³-hybridized carbons (Fsp3) is 0.227. The molecule has 1 aliphatic heterocycles. The van der Waals surface area contributed by atoms with Gasteiger partial charge in [-0.15, -0.1) is 11.3 Å². The Labute approximate surface area is 176 Å². The Kier molecular flexibility index (Phi) is 4.70. The highest BCUT2D eigenvalue weighted by Crippen LogP contribution is 2.25. The van der Waals surface area contributed by atoms with E-state index in [4.69, 9.17) is 21.0 Å². The van der Waals surface area contributed by atoms with E-state index < -0.39 is 0 Å². The van der Waals surface area contributed by atoms with Crippen LogP contribution >= 0.6 is 22.9 Å². The summed E-state index contributed by atoms with van der Waals surface area (Å²) >= 11 is 7.85. The summed E-state index contributed by atoms with van der Waals surface area (Å²) in [5, 5.41) is 3.13. The number of halogens is 1. The number of aromatic nitrogens is 2. The fourth-order valence-corrected chi connectivity index (χ4v) is 4.50. The van der Waals surface area contributed by atoms with Gasteiger partial charge in [-0.3, -0.25) is 9.69 Å². The van der Waals surface area contributed by atoms with Crippen molar-refractivity contribution in [3.8, 4) is 10.7 Å². The van der Waals surface area contributed by atoms with Gasteiger partial charge in [0.25, 0.3) is 0 Å². The van der Waals surface area contributed by atoms with Gasteiger partial charge in [-0.05, 0) is 36.1 Å². The first-order valence-corrected chi connectivity index (χ1v) is 10.7. The van der Waals surface area contributed by atoms with Crippen LogP contribution in [0, 0.1) is 6.92 Å². The van der Waals surface area contributed by atoms with Crippen LogP contribution in [-0.4, -0.2) is 21.4 Å². The van der Waals surface area contributed by atoms with Gasteiger partial charge in [0.05, 0.1) is 22.2 Å². The molecule has 0 saturated heterocycles. The Morgan fingerprint density at radius 2 is 2.24 bits per heavy atom. The number of hydrogen-bond acceptors (Lipinski definition) is 6. The molecule has 7 heteroatoms. The van der Waals surface area contributed by atoms with Crippen molar-refractivity contribution in [2.45, 2.75) is 26.4 Å². The van der Waals surface area contributed by atoms with Crippen LogP contribution in [0.2, 0.25) is 5.02 Å². The van der Waals surface area contributed by atoms with Crippen LogP contribution in [0.5, 0.6) is 0 Å². The Morgan fingerprint density at radius 3 is 3.07 bits per heavy atom. The summed E-state index contributed by atoms with van der Waals surface area (Å²) in [6.07, 6.45) is 4.32. The predicted octanol–water partition coefficient (Wildman–Crippen LogP) is 4.83. The summed E-state index contributed by atoms with van der Waals surface area (Å²) in [6.45, 7) is 3.97. The van der Waals surface area contributed by atoms with Gasteiger partial charge in [0.1, 0.15) is 5.58 Å². The lowest BCUT2D eigenvalue weighted by atomic mass is 10.1. The Bertz CT molecular complexity index is 1270. The van der Waals surface area contributed by atoms with Crippen molar-refractivity contribution in [2.24, 2.45) is 0 Å². The number of aryl methyl sites for hydroxylation is 1. The molecule has 4 aromatic rings. The van der Waals surface area contributed by atoms with Crippen LogP contribution in [0.1, 0.15) is 22.4 Å². The predicted molar refractivity (Wildman–Crippen MR) is 115 cm³/mol. The third-order valence-corrected chi connectivity index (χ3v) is 6.55. The van der Waals surface area contributed by atoms with Crippen LogP contribution in [0.15, 0.2) is 51.3 Å². The van der Waals surface area contributed by atoms with Gasteiger partial charge < -0.3 is 4.42 Å². The average molecular weight is 424 g/mol. The van der Waals surface area contributed by atoms with E-state index in [-0.39, 0.29) is 5.43 Å². The summed E-state index contributed by atoms with van der Waals surface area (Å²) in [4.78, 5) is 25.5. The second-order valence-electron chi connectivity index (χ2n) is 7.29. The monoisotopic (exact) mass is 423 g/mol. The van der Waals surface area contributed by atoms with E-state index in [1.165, 1.54) is 0 Å².